The molecular formula is C23H22Cl2N4O2S. The lowest BCUT2D eigenvalue weighted by Gasteiger charge is -2.26. The number of benzene rings is 1. The molecule has 1 fully saturated rings. The summed E-state index contributed by atoms with van der Waals surface area (Å²) in [7, 11) is 0. The number of amides is 1. The molecule has 0 spiro atoms. The zero-order valence-electron chi connectivity index (χ0n) is 17.3. The average molecular weight is 489 g/mol. The normalized spacial score (nSPS) is 18.0. The third-order valence-corrected chi connectivity index (χ3v) is 6.98. The van der Waals surface area contributed by atoms with Crippen LogP contribution in [0, 0.1) is 0 Å². The zero-order chi connectivity index (χ0) is 22.1. The standard InChI is InChI=1S/C23H22Cl2N4O2S/c24-16-6-7-20(19(25)12-16)29-22-15(11-17-5-4-10-32-17)13-31-14-18(22)21(26-29)23(30)27-28-8-2-1-3-9-28/h4-7,10-12H,1-3,8-9,13-14H2,(H,27,30)/b15-11+. The van der Waals surface area contributed by atoms with Gasteiger partial charge in [0.05, 0.1) is 29.6 Å². The molecule has 1 N–H and O–H groups in total. The average Bonchev–Trinajstić information content (AvgIpc) is 3.43. The summed E-state index contributed by atoms with van der Waals surface area (Å²) < 4.78 is 7.62. The lowest BCUT2D eigenvalue weighted by Crippen LogP contribution is -2.45. The first-order valence-corrected chi connectivity index (χ1v) is 12.2. The molecule has 32 heavy (non-hydrogen) atoms. The van der Waals surface area contributed by atoms with Gasteiger partial charge in [-0.1, -0.05) is 35.7 Å². The van der Waals surface area contributed by atoms with E-state index in [4.69, 9.17) is 33.0 Å². The summed E-state index contributed by atoms with van der Waals surface area (Å²) in [6.07, 6.45) is 5.42. The van der Waals surface area contributed by atoms with Gasteiger partial charge in [0.25, 0.3) is 5.91 Å². The first-order valence-electron chi connectivity index (χ1n) is 10.6. The molecule has 9 heteroatoms. The predicted molar refractivity (Wildman–Crippen MR) is 128 cm³/mol. The van der Waals surface area contributed by atoms with Crippen LogP contribution in [0.5, 0.6) is 0 Å². The first-order chi connectivity index (χ1) is 15.6. The molecular weight excluding hydrogens is 467 g/mol. The van der Waals surface area contributed by atoms with Crippen molar-refractivity contribution < 1.29 is 9.53 Å². The fourth-order valence-electron chi connectivity index (χ4n) is 4.12. The van der Waals surface area contributed by atoms with Crippen molar-refractivity contribution in [2.24, 2.45) is 0 Å². The monoisotopic (exact) mass is 488 g/mol. The molecule has 0 atom stereocenters. The van der Waals surface area contributed by atoms with Gasteiger partial charge in [0.1, 0.15) is 0 Å². The number of halogens is 2. The fraction of sp³-hybridized carbons (Fsp3) is 0.304. The summed E-state index contributed by atoms with van der Waals surface area (Å²) in [5.74, 6) is -0.229. The molecule has 2 aliphatic heterocycles. The molecule has 0 saturated carbocycles. The Bertz CT molecular complexity index is 1170. The Morgan fingerprint density at radius 1 is 1.16 bits per heavy atom. The highest BCUT2D eigenvalue weighted by atomic mass is 35.5. The minimum atomic E-state index is -0.229. The Hall–Kier alpha value is -2.16. The number of aromatic nitrogens is 2. The highest BCUT2D eigenvalue weighted by Gasteiger charge is 2.30. The van der Waals surface area contributed by atoms with E-state index >= 15 is 0 Å². The Morgan fingerprint density at radius 2 is 2.00 bits per heavy atom. The molecule has 1 saturated heterocycles. The number of carbonyl (C=O) groups excluding carboxylic acids is 1. The van der Waals surface area contributed by atoms with Gasteiger partial charge in [-0.25, -0.2) is 9.69 Å². The molecule has 5 rings (SSSR count). The number of hydrazine groups is 1. The summed E-state index contributed by atoms with van der Waals surface area (Å²) in [6, 6.07) is 9.33. The highest BCUT2D eigenvalue weighted by Crippen LogP contribution is 2.35. The van der Waals surface area contributed by atoms with Gasteiger partial charge < -0.3 is 4.74 Å². The van der Waals surface area contributed by atoms with Gasteiger partial charge in [0.15, 0.2) is 5.69 Å². The summed E-state index contributed by atoms with van der Waals surface area (Å²) in [5.41, 5.74) is 6.61. The van der Waals surface area contributed by atoms with Crippen molar-refractivity contribution >= 4 is 52.1 Å². The lowest BCUT2D eigenvalue weighted by atomic mass is 10.0. The Labute approximate surface area is 200 Å². The van der Waals surface area contributed by atoms with Crippen LogP contribution in [0.25, 0.3) is 17.3 Å². The second kappa shape index (κ2) is 9.37. The van der Waals surface area contributed by atoms with Gasteiger partial charge in [-0.15, -0.1) is 11.3 Å². The zero-order valence-corrected chi connectivity index (χ0v) is 19.6. The van der Waals surface area contributed by atoms with E-state index in [9.17, 15) is 4.79 Å². The van der Waals surface area contributed by atoms with Crippen molar-refractivity contribution in [3.8, 4) is 5.69 Å². The number of hydrogen-bond donors (Lipinski definition) is 1. The van der Waals surface area contributed by atoms with E-state index < -0.39 is 0 Å². The summed E-state index contributed by atoms with van der Waals surface area (Å²) >= 11 is 14.3. The summed E-state index contributed by atoms with van der Waals surface area (Å²) in [4.78, 5) is 14.3. The maximum atomic E-state index is 13.2. The highest BCUT2D eigenvalue weighted by molar-refractivity contribution is 7.10. The van der Waals surface area contributed by atoms with Crippen LogP contribution in [0.3, 0.4) is 0 Å². The van der Waals surface area contributed by atoms with Gasteiger partial charge in [0.2, 0.25) is 0 Å². The number of ether oxygens (including phenoxy) is 1. The minimum Gasteiger partial charge on any atom is -0.372 e. The predicted octanol–water partition coefficient (Wildman–Crippen LogP) is 5.44. The first kappa shape index (κ1) is 21.7. The SMILES string of the molecule is O=C(NN1CCCCC1)c1nn(-c2ccc(Cl)cc2Cl)c2c1COC/C2=C\c1cccs1. The van der Waals surface area contributed by atoms with Crippen LogP contribution in [-0.2, 0) is 11.3 Å². The quantitative estimate of drug-likeness (QED) is 0.530. The Kier molecular flexibility index (Phi) is 6.35. The third kappa shape index (κ3) is 4.36. The number of nitrogens with zero attached hydrogens (tertiary/aromatic N) is 3. The fourth-order valence-corrected chi connectivity index (χ4v) is 5.29. The number of fused-ring (bicyclic) bond motifs is 1. The van der Waals surface area contributed by atoms with Crippen molar-refractivity contribution in [3.63, 3.8) is 0 Å². The van der Waals surface area contributed by atoms with Crippen molar-refractivity contribution in [1.29, 1.82) is 0 Å². The molecule has 0 bridgehead atoms. The van der Waals surface area contributed by atoms with Crippen molar-refractivity contribution in [2.75, 3.05) is 19.7 Å². The van der Waals surface area contributed by atoms with E-state index in [1.165, 1.54) is 6.42 Å². The van der Waals surface area contributed by atoms with E-state index in [2.05, 4.69) is 11.5 Å². The van der Waals surface area contributed by atoms with Crippen LogP contribution in [0.4, 0.5) is 0 Å². The van der Waals surface area contributed by atoms with E-state index in [-0.39, 0.29) is 5.91 Å². The van der Waals surface area contributed by atoms with E-state index in [0.29, 0.717) is 34.6 Å². The largest absolute Gasteiger partial charge is 0.372 e. The molecule has 4 heterocycles. The van der Waals surface area contributed by atoms with Gasteiger partial charge in [0, 0.05) is 34.1 Å². The molecule has 3 aromatic rings. The second-order valence-corrected chi connectivity index (χ2v) is 9.67. The van der Waals surface area contributed by atoms with E-state index in [0.717, 1.165) is 47.6 Å². The van der Waals surface area contributed by atoms with E-state index in [1.54, 1.807) is 28.2 Å². The van der Waals surface area contributed by atoms with Crippen LogP contribution in [0.2, 0.25) is 10.0 Å². The Balaban J connectivity index is 1.61. The maximum Gasteiger partial charge on any atom is 0.286 e. The van der Waals surface area contributed by atoms with Gasteiger partial charge >= 0.3 is 0 Å². The van der Waals surface area contributed by atoms with Crippen molar-refractivity contribution in [1.82, 2.24) is 20.2 Å². The number of thiophene rings is 1. The molecule has 0 unspecified atom stereocenters. The maximum absolute atomic E-state index is 13.2. The number of nitrogens with one attached hydrogen (secondary N) is 1. The van der Waals surface area contributed by atoms with Crippen molar-refractivity contribution in [3.05, 3.63) is 67.6 Å². The number of rotatable bonds is 4. The van der Waals surface area contributed by atoms with Crippen molar-refractivity contribution in [2.45, 2.75) is 25.9 Å². The summed E-state index contributed by atoms with van der Waals surface area (Å²) in [5, 5.41) is 9.74. The third-order valence-electron chi connectivity index (χ3n) is 5.62. The molecule has 0 aliphatic carbocycles. The topological polar surface area (TPSA) is 59.4 Å². The van der Waals surface area contributed by atoms with Crippen LogP contribution in [0.15, 0.2) is 35.7 Å². The molecule has 1 aromatic carbocycles. The van der Waals surface area contributed by atoms with Crippen LogP contribution in [-0.4, -0.2) is 40.4 Å². The summed E-state index contributed by atoms with van der Waals surface area (Å²) in [6.45, 7) is 2.43. The smallest absolute Gasteiger partial charge is 0.286 e. The van der Waals surface area contributed by atoms with Gasteiger partial charge in [-0.05, 0) is 48.6 Å². The number of piperidine rings is 1. The number of hydrogen-bond acceptors (Lipinski definition) is 5. The van der Waals surface area contributed by atoms with E-state index in [1.807, 2.05) is 28.6 Å². The van der Waals surface area contributed by atoms with Gasteiger partial charge in [-0.2, -0.15) is 5.10 Å². The molecule has 166 valence electrons. The second-order valence-electron chi connectivity index (χ2n) is 7.85. The molecule has 0 radical (unpaired) electrons. The number of carbonyl (C=O) groups is 1. The molecule has 2 aromatic heterocycles. The molecule has 2 aliphatic rings. The van der Waals surface area contributed by atoms with Crippen LogP contribution in [0.1, 0.15) is 45.9 Å². The Morgan fingerprint density at radius 3 is 2.75 bits per heavy atom. The lowest BCUT2D eigenvalue weighted by molar-refractivity contribution is 0.0738. The van der Waals surface area contributed by atoms with Crippen LogP contribution >= 0.6 is 34.5 Å². The van der Waals surface area contributed by atoms with Crippen LogP contribution < -0.4 is 5.43 Å². The minimum absolute atomic E-state index is 0.229. The molecule has 6 nitrogen and oxygen atoms in total. The molecule has 1 amide bonds. The van der Waals surface area contributed by atoms with Gasteiger partial charge in [-0.3, -0.25) is 10.2 Å².